The molecule has 0 aliphatic heterocycles. The minimum absolute atomic E-state index is 0. The molecule has 0 aromatic heterocycles. The van der Waals surface area contributed by atoms with Crippen LogP contribution in [0.1, 0.15) is 11.1 Å². The van der Waals surface area contributed by atoms with Crippen LogP contribution in [0.2, 0.25) is 0 Å². The van der Waals surface area contributed by atoms with Gasteiger partial charge in [0.1, 0.15) is 26.9 Å². The molecule has 6 aromatic rings. The number of fused-ring (bicyclic) bond motifs is 1. The fourth-order valence-electron chi connectivity index (χ4n) is 5.57. The van der Waals surface area contributed by atoms with Crippen LogP contribution in [-0.4, -0.2) is 33.1 Å². The summed E-state index contributed by atoms with van der Waals surface area (Å²) in [6, 6.07) is 22.3. The molecule has 0 heterocycles. The molecule has 0 saturated carbocycles. The van der Waals surface area contributed by atoms with Gasteiger partial charge in [0, 0.05) is 5.39 Å². The SMILES string of the molecule is COc1ccc(N=Nc2c(S(=O)(=O)O)cc3cc(S(=O)(=O)O)c(N=Nc4ccc(-c5ccc(N=Nc6ccc([O-])cc6N)c(C)c5)cc4C)c(N)c3c2[O-])cc1.[Na+].[Na+]. The van der Waals surface area contributed by atoms with Crippen molar-refractivity contribution < 1.29 is 100 Å². The number of anilines is 2. The Balaban J connectivity index is 0.00000372. The van der Waals surface area contributed by atoms with E-state index in [1.807, 2.05) is 19.1 Å². The van der Waals surface area contributed by atoms with Crippen LogP contribution in [0.5, 0.6) is 17.2 Å². The maximum absolute atomic E-state index is 13.8. The molecule has 0 aliphatic rings. The number of azo groups is 3. The number of nitrogen functional groups attached to an aromatic ring is 2. The topological polar surface area (TPSA) is 290 Å². The van der Waals surface area contributed by atoms with Gasteiger partial charge in [-0.15, -0.1) is 21.1 Å². The molecule has 0 fully saturated rings. The number of nitrogens with two attached hydrogens (primary N) is 2. The first-order valence-corrected chi connectivity index (χ1v) is 19.0. The van der Waals surface area contributed by atoms with Crippen LogP contribution in [0.4, 0.5) is 45.5 Å². The van der Waals surface area contributed by atoms with Gasteiger partial charge < -0.3 is 26.4 Å². The summed E-state index contributed by atoms with van der Waals surface area (Å²) in [7, 11) is -8.76. The molecule has 0 bridgehead atoms. The summed E-state index contributed by atoms with van der Waals surface area (Å²) < 4.78 is 75.0. The summed E-state index contributed by atoms with van der Waals surface area (Å²) in [5.74, 6) is -0.873. The molecular weight excluding hydrogens is 811 g/mol. The molecular formula is C37H30N8Na2O9S2. The maximum atomic E-state index is 13.8. The van der Waals surface area contributed by atoms with Gasteiger partial charge in [0.15, 0.2) is 0 Å². The fourth-order valence-corrected chi connectivity index (χ4v) is 6.90. The van der Waals surface area contributed by atoms with E-state index in [9.17, 15) is 36.2 Å². The van der Waals surface area contributed by atoms with Crippen molar-refractivity contribution in [2.24, 2.45) is 30.7 Å². The van der Waals surface area contributed by atoms with Crippen LogP contribution in [-0.2, 0) is 20.2 Å². The van der Waals surface area contributed by atoms with Gasteiger partial charge in [-0.2, -0.15) is 32.2 Å². The molecule has 286 valence electrons. The van der Waals surface area contributed by atoms with Gasteiger partial charge in [-0.3, -0.25) is 9.11 Å². The van der Waals surface area contributed by atoms with Crippen molar-refractivity contribution in [2.45, 2.75) is 23.6 Å². The Labute approximate surface area is 376 Å². The van der Waals surface area contributed by atoms with Crippen molar-refractivity contribution >= 4 is 76.5 Å². The summed E-state index contributed by atoms with van der Waals surface area (Å²) in [6.07, 6.45) is 0. The van der Waals surface area contributed by atoms with Crippen LogP contribution in [0.3, 0.4) is 0 Å². The van der Waals surface area contributed by atoms with E-state index in [0.717, 1.165) is 28.8 Å². The van der Waals surface area contributed by atoms with Crippen LogP contribution < -0.4 is 85.5 Å². The number of ether oxygens (including phenoxy) is 1. The number of benzene rings is 6. The minimum Gasteiger partial charge on any atom is -0.872 e. The molecule has 0 saturated heterocycles. The van der Waals surface area contributed by atoms with Crippen LogP contribution in [0, 0.1) is 13.8 Å². The quantitative estimate of drug-likeness (QED) is 0.0671. The second-order valence-electron chi connectivity index (χ2n) is 12.3. The first-order valence-electron chi connectivity index (χ1n) is 16.2. The Morgan fingerprint density at radius 1 is 0.603 bits per heavy atom. The van der Waals surface area contributed by atoms with E-state index in [-0.39, 0.29) is 87.3 Å². The van der Waals surface area contributed by atoms with Crippen molar-refractivity contribution in [3.63, 3.8) is 0 Å². The third kappa shape index (κ3) is 10.1. The number of hydrogen-bond donors (Lipinski definition) is 4. The summed E-state index contributed by atoms with van der Waals surface area (Å²) in [6.45, 7) is 3.58. The van der Waals surface area contributed by atoms with Gasteiger partial charge in [0.05, 0.1) is 41.2 Å². The zero-order valence-electron chi connectivity index (χ0n) is 31.6. The zero-order chi connectivity index (χ0) is 40.5. The van der Waals surface area contributed by atoms with E-state index >= 15 is 0 Å². The summed E-state index contributed by atoms with van der Waals surface area (Å²) in [4.78, 5) is -1.86. The Hall–Kier alpha value is -4.80. The Morgan fingerprint density at radius 2 is 1.09 bits per heavy atom. The van der Waals surface area contributed by atoms with E-state index in [1.54, 1.807) is 43.3 Å². The van der Waals surface area contributed by atoms with Crippen molar-refractivity contribution in [1.82, 2.24) is 0 Å². The molecule has 0 amide bonds. The maximum Gasteiger partial charge on any atom is 1.00 e. The smallest absolute Gasteiger partial charge is 0.872 e. The minimum atomic E-state index is -5.12. The van der Waals surface area contributed by atoms with Gasteiger partial charge >= 0.3 is 59.1 Å². The van der Waals surface area contributed by atoms with Crippen molar-refractivity contribution in [3.05, 3.63) is 102 Å². The second-order valence-corrected chi connectivity index (χ2v) is 15.0. The molecule has 0 radical (unpaired) electrons. The number of rotatable bonds is 10. The van der Waals surface area contributed by atoms with Crippen LogP contribution in [0.15, 0.2) is 131 Å². The van der Waals surface area contributed by atoms with E-state index in [2.05, 4.69) is 30.7 Å². The van der Waals surface area contributed by atoms with Gasteiger partial charge in [0.2, 0.25) is 0 Å². The average molecular weight is 841 g/mol. The number of methoxy groups -OCH3 is 1. The Morgan fingerprint density at radius 3 is 1.59 bits per heavy atom. The fraction of sp³-hybridized carbons (Fsp3) is 0.0811. The molecule has 0 atom stereocenters. The van der Waals surface area contributed by atoms with Gasteiger partial charge in [-0.1, -0.05) is 23.9 Å². The number of hydrogen-bond acceptors (Lipinski definition) is 15. The van der Waals surface area contributed by atoms with E-state index < -0.39 is 58.2 Å². The first kappa shape index (κ1) is 45.9. The van der Waals surface area contributed by atoms with Crippen molar-refractivity contribution in [3.8, 4) is 28.4 Å². The zero-order valence-corrected chi connectivity index (χ0v) is 37.2. The molecule has 0 unspecified atom stereocenters. The molecule has 6 aromatic carbocycles. The normalized spacial score (nSPS) is 11.9. The van der Waals surface area contributed by atoms with Crippen LogP contribution >= 0.6 is 0 Å². The van der Waals surface area contributed by atoms with Crippen LogP contribution in [0.25, 0.3) is 21.9 Å². The molecule has 58 heavy (non-hydrogen) atoms. The Bertz CT molecular complexity index is 2880. The third-order valence-electron chi connectivity index (χ3n) is 8.44. The molecule has 21 heteroatoms. The summed E-state index contributed by atoms with van der Waals surface area (Å²) in [5, 5.41) is 48.8. The summed E-state index contributed by atoms with van der Waals surface area (Å²) >= 11 is 0. The standard InChI is InChI=1S/C37H32N8O9S2.2Na/c1-19-14-21(4-11-28(19)41-43-30-13-8-25(46)18-27(30)38)22-5-12-29(20(2)15-22)42-44-35-31(55(48,49)50)16-23-17-32(56(51,52)53)36(37(47)33(23)34(35)39)45-40-24-6-9-26(54-3)10-7-24;;/h4-18,46-47H,38-39H2,1-3H3,(H,48,49,50)(H,51,52,53);;/q;2*+1/p-2. The van der Waals surface area contributed by atoms with Crippen molar-refractivity contribution in [2.75, 3.05) is 18.6 Å². The molecule has 0 spiro atoms. The molecule has 0 aliphatic carbocycles. The first-order chi connectivity index (χ1) is 26.4. The van der Waals surface area contributed by atoms with E-state index in [1.165, 1.54) is 37.4 Å². The van der Waals surface area contributed by atoms with Gasteiger partial charge in [-0.25, -0.2) is 0 Å². The second kappa shape index (κ2) is 18.4. The van der Waals surface area contributed by atoms with Gasteiger partial charge in [-0.05, 0) is 114 Å². The number of nitrogens with zero attached hydrogens (tertiary/aromatic N) is 6. The number of aryl methyl sites for hydroxylation is 2. The van der Waals surface area contributed by atoms with E-state index in [4.69, 9.17) is 16.2 Å². The van der Waals surface area contributed by atoms with E-state index in [0.29, 0.717) is 22.7 Å². The molecule has 6 rings (SSSR count). The third-order valence-corrected chi connectivity index (χ3v) is 10.2. The predicted octanol–water partition coefficient (Wildman–Crippen LogP) is 2.19. The molecule has 17 nitrogen and oxygen atoms in total. The predicted molar refractivity (Wildman–Crippen MR) is 205 cm³/mol. The average Bonchev–Trinajstić information content (AvgIpc) is 3.13. The summed E-state index contributed by atoms with van der Waals surface area (Å²) in [5.41, 5.74) is 14.8. The monoisotopic (exact) mass is 840 g/mol. The largest absolute Gasteiger partial charge is 1.00 e. The molecule has 6 N–H and O–H groups in total. The van der Waals surface area contributed by atoms with Gasteiger partial charge in [0.25, 0.3) is 20.2 Å². The Kier molecular flexibility index (Phi) is 14.6. The van der Waals surface area contributed by atoms with Crippen molar-refractivity contribution in [1.29, 1.82) is 0 Å².